The summed E-state index contributed by atoms with van der Waals surface area (Å²) in [5.74, 6) is 0.521. The third-order valence-corrected chi connectivity index (χ3v) is 9.35. The van der Waals surface area contributed by atoms with Crippen LogP contribution in [-0.2, 0) is 33.2 Å². The highest BCUT2D eigenvalue weighted by Crippen LogP contribution is 2.38. The lowest BCUT2D eigenvalue weighted by atomic mass is 9.65. The Morgan fingerprint density at radius 2 is 1.94 bits per heavy atom. The van der Waals surface area contributed by atoms with Gasteiger partial charge in [-0.1, -0.05) is 26.0 Å². The van der Waals surface area contributed by atoms with Crippen molar-refractivity contribution in [2.45, 2.75) is 96.3 Å². The molecule has 47 heavy (non-hydrogen) atoms. The first kappa shape index (κ1) is 38.2. The lowest BCUT2D eigenvalue weighted by Crippen LogP contribution is -2.49. The van der Waals surface area contributed by atoms with Gasteiger partial charge in [0.2, 0.25) is 5.88 Å². The van der Waals surface area contributed by atoms with Gasteiger partial charge in [0.1, 0.15) is 11.1 Å². The normalized spacial score (nSPS) is 16.7. The number of fused-ring (bicyclic) bond motifs is 1. The van der Waals surface area contributed by atoms with Gasteiger partial charge in [0.25, 0.3) is 0 Å². The average Bonchev–Trinajstić information content (AvgIpc) is 3.48. The molecule has 1 aliphatic carbocycles. The SMILES string of the molecule is CC(C)([B]OC(C)(C)C(C)(C)O)CN=C/C=C(\N)S(=O)NC(=O)Nc1c(-c2ccnc(OC3CCOCC3)c2)ccc2c1CCC2.O.[HH].[HH]. The molecular formula is C33H53BN5O7S. The largest absolute Gasteiger partial charge is 0.474 e. The number of hydrogen-bond acceptors (Lipinski definition) is 9. The molecule has 0 bridgehead atoms. The first-order valence-corrected chi connectivity index (χ1v) is 16.9. The summed E-state index contributed by atoms with van der Waals surface area (Å²) in [7, 11) is -0.324. The molecular weight excluding hydrogens is 621 g/mol. The van der Waals surface area contributed by atoms with Crippen LogP contribution in [0, 0.1) is 0 Å². The number of carbonyl (C=O) groups is 1. The Bertz CT molecular complexity index is 1480. The van der Waals surface area contributed by atoms with Crippen molar-refractivity contribution in [3.05, 3.63) is 52.7 Å². The number of nitrogens with zero attached hydrogens (tertiary/aromatic N) is 2. The van der Waals surface area contributed by atoms with E-state index in [9.17, 15) is 14.1 Å². The maximum Gasteiger partial charge on any atom is 0.331 e. The predicted molar refractivity (Wildman–Crippen MR) is 191 cm³/mol. The first-order chi connectivity index (χ1) is 21.6. The van der Waals surface area contributed by atoms with E-state index in [0.29, 0.717) is 31.3 Å². The number of aryl methyl sites for hydroxylation is 1. The maximum atomic E-state index is 13.1. The molecule has 1 atom stereocenters. The molecule has 261 valence electrons. The molecule has 1 aromatic heterocycles. The molecule has 14 heteroatoms. The van der Waals surface area contributed by atoms with E-state index >= 15 is 0 Å². The third kappa shape index (κ3) is 10.6. The van der Waals surface area contributed by atoms with Crippen LogP contribution in [0.5, 0.6) is 5.88 Å². The van der Waals surface area contributed by atoms with Crippen molar-refractivity contribution in [2.75, 3.05) is 25.1 Å². The molecule has 2 aromatic rings. The van der Waals surface area contributed by atoms with Gasteiger partial charge in [0.05, 0.1) is 30.1 Å². The van der Waals surface area contributed by atoms with Gasteiger partial charge in [0, 0.05) is 46.3 Å². The zero-order chi connectivity index (χ0) is 33.5. The summed E-state index contributed by atoms with van der Waals surface area (Å²) in [6.07, 6.45) is 8.97. The van der Waals surface area contributed by atoms with Gasteiger partial charge in [-0.25, -0.2) is 14.0 Å². The molecule has 4 rings (SSSR count). The molecule has 12 nitrogen and oxygen atoms in total. The highest BCUT2D eigenvalue weighted by atomic mass is 32.2. The number of benzene rings is 1. The highest BCUT2D eigenvalue weighted by molar-refractivity contribution is 7.87. The van der Waals surface area contributed by atoms with Crippen LogP contribution in [-0.4, -0.2) is 76.6 Å². The lowest BCUT2D eigenvalue weighted by molar-refractivity contribution is -0.0917. The van der Waals surface area contributed by atoms with Gasteiger partial charge >= 0.3 is 13.5 Å². The number of aromatic nitrogens is 1. The summed E-state index contributed by atoms with van der Waals surface area (Å²) >= 11 is 0. The number of aliphatic imine (C=N–C) groups is 1. The predicted octanol–water partition coefficient (Wildman–Crippen LogP) is 4.50. The highest BCUT2D eigenvalue weighted by Gasteiger charge is 2.37. The molecule has 1 saturated heterocycles. The second-order valence-electron chi connectivity index (χ2n) is 13.5. The quantitative estimate of drug-likeness (QED) is 0.176. The number of rotatable bonds is 13. The van der Waals surface area contributed by atoms with E-state index in [4.69, 9.17) is 19.9 Å². The molecule has 2 amide bonds. The standard InChI is InChI=1S/C33H47BN5O6S.H2O.2H2/c1-31(2,34-45-33(5,6)32(3,4)41)21-36-16-13-27(35)46(42)39-30(40)38-29-25-9-7-8-22(25)10-11-26(29)23-12-17-37-28(20-23)44-24-14-18-43-19-15-24;;;/h10-13,16-17,20,24,41H,7-9,14-15,18-19,21,35H2,1-6H3,(H2,38,39,40);1H2;2*1H/b27-13+,36-16?;;;. The van der Waals surface area contributed by atoms with Crippen LogP contribution in [0.2, 0.25) is 5.31 Å². The Hall–Kier alpha value is -3.30. The number of hydrogen-bond donors (Lipinski definition) is 4. The van der Waals surface area contributed by atoms with Gasteiger partial charge < -0.3 is 35.8 Å². The fourth-order valence-electron chi connectivity index (χ4n) is 4.90. The molecule has 2 aliphatic rings. The molecule has 1 aromatic carbocycles. The van der Waals surface area contributed by atoms with E-state index in [1.807, 2.05) is 45.9 Å². The number of anilines is 1. The Morgan fingerprint density at radius 3 is 2.64 bits per heavy atom. The summed E-state index contributed by atoms with van der Waals surface area (Å²) < 4.78 is 32.7. The van der Waals surface area contributed by atoms with Crippen molar-refractivity contribution in [3.8, 4) is 17.0 Å². The molecule has 1 fully saturated rings. The van der Waals surface area contributed by atoms with E-state index in [2.05, 4.69) is 26.1 Å². The molecule has 2 heterocycles. The number of carbonyl (C=O) groups excluding carboxylic acids is 1. The van der Waals surface area contributed by atoms with Gasteiger partial charge in [-0.05, 0) is 81.1 Å². The summed E-state index contributed by atoms with van der Waals surface area (Å²) in [6, 6.07) is 7.21. The van der Waals surface area contributed by atoms with E-state index in [0.717, 1.165) is 48.8 Å². The summed E-state index contributed by atoms with van der Waals surface area (Å²) in [5.41, 5.74) is 8.78. The summed E-state index contributed by atoms with van der Waals surface area (Å²) in [4.78, 5) is 21.9. The monoisotopic (exact) mass is 674 g/mol. The average molecular weight is 675 g/mol. The smallest absolute Gasteiger partial charge is 0.331 e. The molecule has 0 saturated carbocycles. The van der Waals surface area contributed by atoms with Crippen molar-refractivity contribution in [3.63, 3.8) is 0 Å². The van der Waals surface area contributed by atoms with Crippen LogP contribution in [0.25, 0.3) is 11.1 Å². The van der Waals surface area contributed by atoms with Crippen LogP contribution in [0.3, 0.4) is 0 Å². The zero-order valence-corrected chi connectivity index (χ0v) is 29.0. The van der Waals surface area contributed by atoms with Gasteiger partial charge in [-0.3, -0.25) is 9.71 Å². The maximum absolute atomic E-state index is 13.1. The van der Waals surface area contributed by atoms with E-state index in [1.54, 1.807) is 27.5 Å². The lowest BCUT2D eigenvalue weighted by Gasteiger charge is -2.39. The fourth-order valence-corrected chi connectivity index (χ4v) is 5.42. The number of urea groups is 1. The van der Waals surface area contributed by atoms with Crippen LogP contribution >= 0.6 is 0 Å². The minimum absolute atomic E-state index is 0. The number of ether oxygens (including phenoxy) is 2. The molecule has 1 aliphatic heterocycles. The molecule has 1 radical (unpaired) electrons. The Kier molecular flexibility index (Phi) is 13.2. The number of pyridine rings is 1. The fraction of sp³-hybridized carbons (Fsp3) is 0.545. The molecule has 1 unspecified atom stereocenters. The Morgan fingerprint density at radius 1 is 1.21 bits per heavy atom. The van der Waals surface area contributed by atoms with Crippen LogP contribution < -0.4 is 20.5 Å². The Balaban J connectivity index is 0.00000400. The second kappa shape index (κ2) is 16.2. The third-order valence-electron chi connectivity index (χ3n) is 8.41. The minimum Gasteiger partial charge on any atom is -0.474 e. The zero-order valence-electron chi connectivity index (χ0n) is 28.2. The van der Waals surface area contributed by atoms with Crippen molar-refractivity contribution in [1.29, 1.82) is 0 Å². The van der Waals surface area contributed by atoms with Crippen molar-refractivity contribution >= 4 is 36.4 Å². The number of amides is 2. The number of nitrogens with one attached hydrogen (secondary N) is 2. The van der Waals surface area contributed by atoms with E-state index in [1.165, 1.54) is 17.9 Å². The number of nitrogens with two attached hydrogens (primary N) is 1. The van der Waals surface area contributed by atoms with Crippen molar-refractivity contribution in [1.82, 2.24) is 9.71 Å². The van der Waals surface area contributed by atoms with Gasteiger partial charge in [-0.2, -0.15) is 0 Å². The first-order valence-electron chi connectivity index (χ1n) is 15.7. The summed E-state index contributed by atoms with van der Waals surface area (Å²) in [5, 5.41) is 12.8. The van der Waals surface area contributed by atoms with Crippen LogP contribution in [0.4, 0.5) is 10.5 Å². The molecule has 7 N–H and O–H groups in total. The molecule has 0 spiro atoms. The number of allylic oxidation sites excluding steroid dienone is 1. The second-order valence-corrected chi connectivity index (χ2v) is 14.7. The van der Waals surface area contributed by atoms with E-state index in [-0.39, 0.29) is 19.5 Å². The topological polar surface area (TPSA) is 189 Å². The van der Waals surface area contributed by atoms with Crippen LogP contribution in [0.1, 0.15) is 74.8 Å². The van der Waals surface area contributed by atoms with Gasteiger partial charge in [0.15, 0.2) is 11.0 Å². The van der Waals surface area contributed by atoms with E-state index < -0.39 is 33.5 Å². The van der Waals surface area contributed by atoms with Gasteiger partial charge in [-0.15, -0.1) is 0 Å². The van der Waals surface area contributed by atoms with Crippen molar-refractivity contribution in [2.24, 2.45) is 10.7 Å². The summed E-state index contributed by atoms with van der Waals surface area (Å²) in [6.45, 7) is 12.6. The number of aliphatic hydroxyl groups is 1. The minimum atomic E-state index is -1.99. The Labute approximate surface area is 284 Å². The van der Waals surface area contributed by atoms with Crippen LogP contribution in [0.15, 0.2) is 46.6 Å². The van der Waals surface area contributed by atoms with Crippen molar-refractivity contribution < 1.29 is 36.6 Å².